The standard InChI is InChI=1S/C29H32N2O4/c1-16(32)34-26-13-23-28-20(12-22-24(33)9-17(14-30)10-25(22)35-28)5-7-29(23,2)27(26)19-3-4-21-15-31-8-6-18(21)11-19/h3-4,6,8,11-12,15,17,23,26-28H,5,7,9-10,13-14,30H2,1-2H3/t17?,23-,26?,27-,28+,29-/m0/s1. The lowest BCUT2D eigenvalue weighted by Gasteiger charge is -2.48. The van der Waals surface area contributed by atoms with Gasteiger partial charge in [-0.1, -0.05) is 25.1 Å². The first kappa shape index (κ1) is 22.5. The smallest absolute Gasteiger partial charge is 0.302 e. The maximum absolute atomic E-state index is 12.8. The Bertz CT molecular complexity index is 1280. The van der Waals surface area contributed by atoms with E-state index >= 15 is 0 Å². The number of nitrogens with zero attached hydrogens (tertiary/aromatic N) is 1. The number of benzene rings is 1. The van der Waals surface area contributed by atoms with Crippen molar-refractivity contribution >= 4 is 22.5 Å². The number of ketones is 1. The number of aromatic nitrogens is 1. The van der Waals surface area contributed by atoms with Crippen LogP contribution in [0.2, 0.25) is 0 Å². The highest BCUT2D eigenvalue weighted by Crippen LogP contribution is 2.62. The molecule has 6 atom stereocenters. The first-order valence-electron chi connectivity index (χ1n) is 12.7. The van der Waals surface area contributed by atoms with Crippen molar-refractivity contribution in [3.05, 3.63) is 65.2 Å². The predicted octanol–water partition coefficient (Wildman–Crippen LogP) is 4.59. The Kier molecular flexibility index (Phi) is 5.33. The van der Waals surface area contributed by atoms with Gasteiger partial charge in [-0.25, -0.2) is 0 Å². The second-order valence-corrected chi connectivity index (χ2v) is 11.0. The Labute approximate surface area is 205 Å². The van der Waals surface area contributed by atoms with Crippen LogP contribution in [0.1, 0.15) is 57.4 Å². The largest absolute Gasteiger partial charge is 0.489 e. The van der Waals surface area contributed by atoms with Gasteiger partial charge in [-0.15, -0.1) is 0 Å². The average Bonchev–Trinajstić information content (AvgIpc) is 3.14. The van der Waals surface area contributed by atoms with Gasteiger partial charge in [-0.2, -0.15) is 0 Å². The zero-order chi connectivity index (χ0) is 24.3. The van der Waals surface area contributed by atoms with Gasteiger partial charge in [0.25, 0.3) is 0 Å². The van der Waals surface area contributed by atoms with Crippen molar-refractivity contribution in [3.63, 3.8) is 0 Å². The van der Waals surface area contributed by atoms with Gasteiger partial charge in [0, 0.05) is 49.4 Å². The van der Waals surface area contributed by atoms with E-state index in [0.717, 1.165) is 47.8 Å². The molecule has 6 nitrogen and oxygen atoms in total. The highest BCUT2D eigenvalue weighted by Gasteiger charge is 2.60. The number of pyridine rings is 1. The van der Waals surface area contributed by atoms with E-state index in [9.17, 15) is 9.59 Å². The summed E-state index contributed by atoms with van der Waals surface area (Å²) in [6.45, 7) is 4.32. The van der Waals surface area contributed by atoms with E-state index in [4.69, 9.17) is 15.2 Å². The molecule has 3 aliphatic carbocycles. The first-order valence-corrected chi connectivity index (χ1v) is 12.7. The first-order chi connectivity index (χ1) is 16.9. The van der Waals surface area contributed by atoms with Crippen LogP contribution in [0.5, 0.6) is 0 Å². The minimum absolute atomic E-state index is 0.0688. The van der Waals surface area contributed by atoms with E-state index in [1.54, 1.807) is 0 Å². The van der Waals surface area contributed by atoms with Crippen LogP contribution in [0.15, 0.2) is 59.6 Å². The normalized spacial score (nSPS) is 34.0. The quantitative estimate of drug-likeness (QED) is 0.657. The van der Waals surface area contributed by atoms with E-state index in [1.807, 2.05) is 18.5 Å². The molecule has 0 radical (unpaired) electrons. The summed E-state index contributed by atoms with van der Waals surface area (Å²) in [5, 5.41) is 2.24. The number of carbonyl (C=O) groups excluding carboxylic acids is 2. The van der Waals surface area contributed by atoms with Crippen LogP contribution in [0.3, 0.4) is 0 Å². The fourth-order valence-electron chi connectivity index (χ4n) is 7.22. The molecule has 2 saturated carbocycles. The Morgan fingerprint density at radius 3 is 2.91 bits per heavy atom. The Morgan fingerprint density at radius 2 is 2.11 bits per heavy atom. The lowest BCUT2D eigenvalue weighted by atomic mass is 9.61. The third-order valence-electron chi connectivity index (χ3n) is 8.92. The predicted molar refractivity (Wildman–Crippen MR) is 132 cm³/mol. The maximum Gasteiger partial charge on any atom is 0.302 e. The van der Waals surface area contributed by atoms with Gasteiger partial charge in [0.2, 0.25) is 0 Å². The van der Waals surface area contributed by atoms with E-state index < -0.39 is 0 Å². The fourth-order valence-corrected chi connectivity index (χ4v) is 7.22. The molecular weight excluding hydrogens is 440 g/mol. The summed E-state index contributed by atoms with van der Waals surface area (Å²) in [5.41, 5.74) is 8.96. The maximum atomic E-state index is 12.8. The molecular formula is C29H32N2O4. The summed E-state index contributed by atoms with van der Waals surface area (Å²) in [4.78, 5) is 29.2. The molecule has 6 rings (SSSR count). The van der Waals surface area contributed by atoms with Crippen LogP contribution in [0, 0.1) is 17.3 Å². The highest BCUT2D eigenvalue weighted by atomic mass is 16.5. The van der Waals surface area contributed by atoms with Gasteiger partial charge < -0.3 is 15.2 Å². The zero-order valence-electron chi connectivity index (χ0n) is 20.3. The molecule has 35 heavy (non-hydrogen) atoms. The molecule has 1 aliphatic heterocycles. The molecule has 2 aromatic rings. The van der Waals surface area contributed by atoms with Crippen molar-refractivity contribution in [2.75, 3.05) is 6.54 Å². The molecule has 0 bridgehead atoms. The monoisotopic (exact) mass is 472 g/mol. The van der Waals surface area contributed by atoms with Gasteiger partial charge >= 0.3 is 5.97 Å². The van der Waals surface area contributed by atoms with Crippen molar-refractivity contribution in [3.8, 4) is 0 Å². The average molecular weight is 473 g/mol. The van der Waals surface area contributed by atoms with E-state index in [-0.39, 0.29) is 47.1 Å². The van der Waals surface area contributed by atoms with Gasteiger partial charge in [0.15, 0.2) is 5.78 Å². The van der Waals surface area contributed by atoms with Crippen molar-refractivity contribution in [2.45, 2.75) is 64.1 Å². The lowest BCUT2D eigenvalue weighted by Crippen LogP contribution is -2.44. The number of esters is 1. The minimum atomic E-state index is -0.249. The highest BCUT2D eigenvalue weighted by molar-refractivity contribution is 6.00. The molecule has 4 aliphatic rings. The Balaban J connectivity index is 1.38. The third-order valence-corrected chi connectivity index (χ3v) is 8.92. The molecule has 2 unspecified atom stereocenters. The molecule has 0 amide bonds. The topological polar surface area (TPSA) is 91.5 Å². The molecule has 1 aromatic heterocycles. The molecule has 6 heteroatoms. The van der Waals surface area contributed by atoms with Gasteiger partial charge in [-0.3, -0.25) is 14.6 Å². The molecule has 0 spiro atoms. The minimum Gasteiger partial charge on any atom is -0.489 e. The number of allylic oxidation sites excluding steroid dienone is 3. The molecule has 2 N–H and O–H groups in total. The summed E-state index contributed by atoms with van der Waals surface area (Å²) < 4.78 is 12.6. The van der Waals surface area contributed by atoms with Crippen LogP contribution in [0.25, 0.3) is 10.8 Å². The second kappa shape index (κ2) is 8.30. The van der Waals surface area contributed by atoms with Crippen molar-refractivity contribution in [1.29, 1.82) is 0 Å². The van der Waals surface area contributed by atoms with Crippen LogP contribution < -0.4 is 5.73 Å². The number of nitrogens with two attached hydrogens (primary N) is 1. The van der Waals surface area contributed by atoms with E-state index in [1.165, 1.54) is 18.1 Å². The molecule has 1 aromatic carbocycles. The lowest BCUT2D eigenvalue weighted by molar-refractivity contribution is -0.147. The number of rotatable bonds is 3. The van der Waals surface area contributed by atoms with Crippen LogP contribution in [-0.2, 0) is 19.1 Å². The van der Waals surface area contributed by atoms with Gasteiger partial charge in [0.05, 0.1) is 5.57 Å². The summed E-state index contributed by atoms with van der Waals surface area (Å²) in [6.07, 6.45) is 9.29. The number of hydrogen-bond donors (Lipinski definition) is 1. The number of hydrogen-bond acceptors (Lipinski definition) is 6. The van der Waals surface area contributed by atoms with Crippen LogP contribution in [-0.4, -0.2) is 35.5 Å². The number of ether oxygens (including phenoxy) is 2. The number of Topliss-reactive ketones (excluding diaryl/α,β-unsaturated/α-hetero) is 1. The van der Waals surface area contributed by atoms with E-state index in [0.29, 0.717) is 13.0 Å². The number of carbonyl (C=O) groups is 2. The summed E-state index contributed by atoms with van der Waals surface area (Å²) >= 11 is 0. The SMILES string of the molecule is CC(=O)OC1C[C@H]2[C@@H]3OC4=C(C=C3CC[C@]2(C)[C@H]1c1ccc2cnccc2c1)C(=O)CC(CN)C4. The van der Waals surface area contributed by atoms with Crippen molar-refractivity contribution in [1.82, 2.24) is 4.98 Å². The summed E-state index contributed by atoms with van der Waals surface area (Å²) in [5.74, 6) is 1.10. The van der Waals surface area contributed by atoms with E-state index in [2.05, 4.69) is 36.2 Å². The third kappa shape index (κ3) is 3.61. The Hall–Kier alpha value is -2.99. The molecule has 0 saturated heterocycles. The van der Waals surface area contributed by atoms with Crippen molar-refractivity contribution in [2.24, 2.45) is 23.0 Å². The molecule has 2 heterocycles. The van der Waals surface area contributed by atoms with Crippen molar-refractivity contribution < 1.29 is 19.1 Å². The summed E-state index contributed by atoms with van der Waals surface area (Å²) in [6, 6.07) is 8.54. The van der Waals surface area contributed by atoms with Crippen LogP contribution >= 0.6 is 0 Å². The molecule has 2 fully saturated rings. The fraction of sp³-hybridized carbons (Fsp3) is 0.483. The summed E-state index contributed by atoms with van der Waals surface area (Å²) in [7, 11) is 0. The zero-order valence-corrected chi connectivity index (χ0v) is 20.3. The van der Waals surface area contributed by atoms with Gasteiger partial charge in [-0.05, 0) is 65.8 Å². The Morgan fingerprint density at radius 1 is 1.26 bits per heavy atom. The van der Waals surface area contributed by atoms with Crippen LogP contribution in [0.4, 0.5) is 0 Å². The molecule has 182 valence electrons. The second-order valence-electron chi connectivity index (χ2n) is 11.0. The number of fused-ring (bicyclic) bond motifs is 4. The van der Waals surface area contributed by atoms with Gasteiger partial charge in [0.1, 0.15) is 18.0 Å².